The van der Waals surface area contributed by atoms with E-state index < -0.39 is 0 Å². The Kier molecular flexibility index (Phi) is 26.0. The maximum atomic E-state index is 12.5. The van der Waals surface area contributed by atoms with Crippen LogP contribution in [0.25, 0.3) is 0 Å². The summed E-state index contributed by atoms with van der Waals surface area (Å²) in [7, 11) is 0. The lowest BCUT2D eigenvalue weighted by molar-refractivity contribution is -0.126. The Morgan fingerprint density at radius 3 is 1.08 bits per heavy atom. The van der Waals surface area contributed by atoms with Gasteiger partial charge in [0.25, 0.3) is 0 Å². The molecule has 4 heteroatoms. The third-order valence-corrected chi connectivity index (χ3v) is 11.0. The van der Waals surface area contributed by atoms with Crippen molar-refractivity contribution in [2.24, 2.45) is 11.8 Å². The molecule has 0 aromatic heterocycles. The van der Waals surface area contributed by atoms with Gasteiger partial charge in [-0.3, -0.25) is 9.59 Å². The highest BCUT2D eigenvalue weighted by molar-refractivity contribution is 5.79. The van der Waals surface area contributed by atoms with E-state index in [1.54, 1.807) is 11.1 Å². The normalized spacial score (nSPS) is 17.4. The Bertz CT molecular complexity index is 945. The molecule has 4 nitrogen and oxygen atoms in total. The topological polar surface area (TPSA) is 58.2 Å². The van der Waals surface area contributed by atoms with E-state index in [9.17, 15) is 9.59 Å². The van der Waals surface area contributed by atoms with Crippen LogP contribution in [0, 0.1) is 11.8 Å². The molecule has 2 amide bonds. The summed E-state index contributed by atoms with van der Waals surface area (Å²) in [6, 6.07) is 0. The van der Waals surface area contributed by atoms with E-state index in [1.807, 2.05) is 0 Å². The van der Waals surface area contributed by atoms with Gasteiger partial charge in [0.1, 0.15) is 0 Å². The van der Waals surface area contributed by atoms with Crippen molar-refractivity contribution in [3.63, 3.8) is 0 Å². The molecule has 2 N–H and O–H groups in total. The van der Waals surface area contributed by atoms with Gasteiger partial charge in [0.05, 0.1) is 0 Å². The van der Waals surface area contributed by atoms with Gasteiger partial charge in [0.2, 0.25) is 11.8 Å². The fraction of sp³-hybridized carbons (Fsp3) is 0.783. The SMILES string of the molecule is CC(C)=CCCC1=CCC(C(=O)NCCCCCCCCCCCCCCCCCCCCNC(=O)C2CC=C(CCC=C(C)C)CC2)CC1. The maximum absolute atomic E-state index is 12.5. The molecule has 0 heterocycles. The molecule has 2 rings (SSSR count). The van der Waals surface area contributed by atoms with Gasteiger partial charge in [-0.05, 0) is 105 Å². The van der Waals surface area contributed by atoms with E-state index in [0.29, 0.717) is 0 Å². The maximum Gasteiger partial charge on any atom is 0.223 e. The number of amides is 2. The second-order valence-electron chi connectivity index (χ2n) is 16.3. The number of hydrogen-bond donors (Lipinski definition) is 2. The van der Waals surface area contributed by atoms with Gasteiger partial charge >= 0.3 is 0 Å². The largest absolute Gasteiger partial charge is 0.356 e. The lowest BCUT2D eigenvalue weighted by Gasteiger charge is -2.21. The molecule has 2 unspecified atom stereocenters. The molecule has 0 saturated heterocycles. The van der Waals surface area contributed by atoms with Crippen LogP contribution < -0.4 is 10.6 Å². The standard InChI is InChI=1S/C46H80N2O2/c1-39(2)25-23-27-41-29-33-43(34-30-41)45(49)47-37-21-19-17-15-13-11-9-7-5-6-8-10-12-14-16-18-20-22-38-48-46(50)44-35-31-42(32-36-44)28-24-26-40(3)4/h25-26,29,31,43-44H,5-24,27-28,30,32-38H2,1-4H3,(H,47,49)(H,48,50). The van der Waals surface area contributed by atoms with E-state index in [2.05, 4.69) is 62.6 Å². The van der Waals surface area contributed by atoms with E-state index in [0.717, 1.165) is 90.1 Å². The summed E-state index contributed by atoms with van der Waals surface area (Å²) in [5.74, 6) is 0.943. The molecule has 0 aliphatic heterocycles. The number of rotatable bonds is 29. The third kappa shape index (κ3) is 23.4. The minimum absolute atomic E-state index is 0.192. The van der Waals surface area contributed by atoms with Crippen LogP contribution in [0.4, 0.5) is 0 Å². The summed E-state index contributed by atoms with van der Waals surface area (Å²) in [5, 5.41) is 6.42. The number of hydrogen-bond acceptors (Lipinski definition) is 2. The molecule has 0 bridgehead atoms. The van der Waals surface area contributed by atoms with Gasteiger partial charge < -0.3 is 10.6 Å². The van der Waals surface area contributed by atoms with E-state index in [4.69, 9.17) is 0 Å². The molecule has 50 heavy (non-hydrogen) atoms. The van der Waals surface area contributed by atoms with Crippen LogP contribution >= 0.6 is 0 Å². The quantitative estimate of drug-likeness (QED) is 0.0605. The Morgan fingerprint density at radius 2 is 0.820 bits per heavy atom. The van der Waals surface area contributed by atoms with Crippen molar-refractivity contribution in [3.05, 3.63) is 46.6 Å². The number of unbranched alkanes of at least 4 members (excludes halogenated alkanes) is 17. The van der Waals surface area contributed by atoms with Crippen molar-refractivity contribution in [3.8, 4) is 0 Å². The zero-order valence-electron chi connectivity index (χ0n) is 33.5. The first kappa shape index (κ1) is 44.1. The fourth-order valence-corrected chi connectivity index (χ4v) is 7.59. The molecular formula is C46H80N2O2. The average Bonchev–Trinajstić information content (AvgIpc) is 3.10. The monoisotopic (exact) mass is 693 g/mol. The fourth-order valence-electron chi connectivity index (χ4n) is 7.59. The second-order valence-corrected chi connectivity index (χ2v) is 16.3. The zero-order valence-corrected chi connectivity index (χ0v) is 33.5. The highest BCUT2D eigenvalue weighted by atomic mass is 16.2. The molecule has 0 aromatic rings. The summed E-state index contributed by atoms with van der Waals surface area (Å²) in [5.41, 5.74) is 5.88. The molecule has 2 atom stereocenters. The highest BCUT2D eigenvalue weighted by Crippen LogP contribution is 2.28. The number of carbonyl (C=O) groups excluding carboxylic acids is 2. The van der Waals surface area contributed by atoms with Crippen molar-refractivity contribution < 1.29 is 9.59 Å². The lowest BCUT2D eigenvalue weighted by Crippen LogP contribution is -2.32. The van der Waals surface area contributed by atoms with Crippen molar-refractivity contribution in [1.29, 1.82) is 0 Å². The van der Waals surface area contributed by atoms with E-state index >= 15 is 0 Å². The van der Waals surface area contributed by atoms with Crippen molar-refractivity contribution in [2.75, 3.05) is 13.1 Å². The molecule has 0 spiro atoms. The van der Waals surface area contributed by atoms with Crippen molar-refractivity contribution in [2.45, 2.75) is 207 Å². The Labute approximate surface area is 310 Å². The van der Waals surface area contributed by atoms with Crippen LogP contribution in [0.3, 0.4) is 0 Å². The molecule has 0 saturated carbocycles. The molecule has 0 radical (unpaired) electrons. The first-order valence-electron chi connectivity index (χ1n) is 21.5. The van der Waals surface area contributed by atoms with Crippen LogP contribution in [0.2, 0.25) is 0 Å². The van der Waals surface area contributed by atoms with Crippen LogP contribution in [0.1, 0.15) is 207 Å². The molecule has 0 aromatic carbocycles. The minimum atomic E-state index is 0.192. The summed E-state index contributed by atoms with van der Waals surface area (Å²) in [6.45, 7) is 10.4. The Morgan fingerprint density at radius 1 is 0.520 bits per heavy atom. The van der Waals surface area contributed by atoms with E-state index in [-0.39, 0.29) is 23.7 Å². The average molecular weight is 693 g/mol. The van der Waals surface area contributed by atoms with Gasteiger partial charge in [-0.1, -0.05) is 149 Å². The van der Waals surface area contributed by atoms with Gasteiger partial charge in [0.15, 0.2) is 0 Å². The zero-order chi connectivity index (χ0) is 36.1. The minimum Gasteiger partial charge on any atom is -0.356 e. The van der Waals surface area contributed by atoms with Crippen molar-refractivity contribution >= 4 is 11.8 Å². The molecule has 2 aliphatic carbocycles. The molecule has 2 aliphatic rings. The van der Waals surface area contributed by atoms with Crippen LogP contribution in [-0.2, 0) is 9.59 Å². The second kappa shape index (κ2) is 29.5. The Balaban J connectivity index is 1.26. The van der Waals surface area contributed by atoms with Crippen LogP contribution in [0.5, 0.6) is 0 Å². The van der Waals surface area contributed by atoms with Gasteiger partial charge in [-0.25, -0.2) is 0 Å². The molecular weight excluding hydrogens is 613 g/mol. The summed E-state index contributed by atoms with van der Waals surface area (Å²) in [6.07, 6.45) is 44.0. The summed E-state index contributed by atoms with van der Waals surface area (Å²) in [4.78, 5) is 25.1. The first-order valence-corrected chi connectivity index (χ1v) is 21.5. The molecule has 0 fully saturated rings. The number of nitrogens with one attached hydrogen (secondary N) is 2. The highest BCUT2D eigenvalue weighted by Gasteiger charge is 2.22. The molecule has 286 valence electrons. The predicted molar refractivity (Wildman–Crippen MR) is 217 cm³/mol. The first-order chi connectivity index (χ1) is 24.3. The smallest absolute Gasteiger partial charge is 0.223 e. The summed E-state index contributed by atoms with van der Waals surface area (Å²) >= 11 is 0. The lowest BCUT2D eigenvalue weighted by atomic mass is 9.87. The predicted octanol–water partition coefficient (Wildman–Crippen LogP) is 13.2. The van der Waals surface area contributed by atoms with Crippen LogP contribution in [-0.4, -0.2) is 24.9 Å². The van der Waals surface area contributed by atoms with Gasteiger partial charge in [-0.2, -0.15) is 0 Å². The van der Waals surface area contributed by atoms with Crippen LogP contribution in [0.15, 0.2) is 46.6 Å². The number of carbonyl (C=O) groups is 2. The summed E-state index contributed by atoms with van der Waals surface area (Å²) < 4.78 is 0. The Hall–Kier alpha value is -2.10. The van der Waals surface area contributed by atoms with Crippen molar-refractivity contribution in [1.82, 2.24) is 10.6 Å². The third-order valence-electron chi connectivity index (χ3n) is 11.0. The number of allylic oxidation sites excluding steroid dienone is 8. The van der Waals surface area contributed by atoms with Gasteiger partial charge in [0, 0.05) is 24.9 Å². The van der Waals surface area contributed by atoms with Gasteiger partial charge in [-0.15, -0.1) is 0 Å². The van der Waals surface area contributed by atoms with E-state index in [1.165, 1.54) is 114 Å².